The highest BCUT2D eigenvalue weighted by molar-refractivity contribution is 5.94. The van der Waals surface area contributed by atoms with E-state index in [0.717, 1.165) is 38.0 Å². The van der Waals surface area contributed by atoms with E-state index in [1.807, 2.05) is 4.90 Å². The third-order valence-corrected chi connectivity index (χ3v) is 3.69. The molecule has 1 heterocycles. The van der Waals surface area contributed by atoms with Crippen LogP contribution in [0.25, 0.3) is 0 Å². The molecule has 1 atom stereocenters. The molecule has 0 saturated carbocycles. The van der Waals surface area contributed by atoms with E-state index in [9.17, 15) is 9.90 Å². The lowest BCUT2D eigenvalue weighted by molar-refractivity contribution is 0.0600. The first kappa shape index (κ1) is 13.9. The molecule has 19 heavy (non-hydrogen) atoms. The number of benzene rings is 1. The van der Waals surface area contributed by atoms with Gasteiger partial charge in [-0.15, -0.1) is 0 Å². The maximum absolute atomic E-state index is 12.5. The number of aliphatic hydroxyl groups excluding tert-OH is 1. The monoisotopic (exact) mass is 263 g/mol. The van der Waals surface area contributed by atoms with E-state index in [1.54, 1.807) is 31.4 Å². The number of amides is 1. The Balaban J connectivity index is 2.15. The minimum absolute atomic E-state index is 0.00334. The highest BCUT2D eigenvalue weighted by Crippen LogP contribution is 2.20. The van der Waals surface area contributed by atoms with Gasteiger partial charge in [-0.05, 0) is 37.1 Å². The van der Waals surface area contributed by atoms with Crippen LogP contribution >= 0.6 is 0 Å². The molecular formula is C15H21NO3. The van der Waals surface area contributed by atoms with Crippen LogP contribution in [0.15, 0.2) is 24.3 Å². The zero-order valence-electron chi connectivity index (χ0n) is 11.3. The molecule has 1 amide bonds. The Morgan fingerprint density at radius 3 is 2.68 bits per heavy atom. The zero-order valence-corrected chi connectivity index (χ0v) is 11.3. The summed E-state index contributed by atoms with van der Waals surface area (Å²) in [6.45, 7) is 0.776. The average molecular weight is 263 g/mol. The lowest BCUT2D eigenvalue weighted by atomic mass is 10.1. The second-order valence-electron chi connectivity index (χ2n) is 4.91. The average Bonchev–Trinajstić information content (AvgIpc) is 2.71. The Hall–Kier alpha value is -1.55. The maximum Gasteiger partial charge on any atom is 0.254 e. The molecule has 1 unspecified atom stereocenters. The smallest absolute Gasteiger partial charge is 0.254 e. The lowest BCUT2D eigenvalue weighted by Gasteiger charge is -2.28. The summed E-state index contributed by atoms with van der Waals surface area (Å²) in [5.41, 5.74) is 0.654. The third kappa shape index (κ3) is 3.26. The van der Waals surface area contributed by atoms with Gasteiger partial charge in [0.2, 0.25) is 0 Å². The molecule has 104 valence electrons. The number of methoxy groups -OCH3 is 1. The van der Waals surface area contributed by atoms with Gasteiger partial charge in [0.15, 0.2) is 0 Å². The number of rotatable bonds is 3. The van der Waals surface area contributed by atoms with Crippen molar-refractivity contribution in [3.8, 4) is 5.75 Å². The van der Waals surface area contributed by atoms with Crippen molar-refractivity contribution in [3.05, 3.63) is 29.8 Å². The van der Waals surface area contributed by atoms with Crippen molar-refractivity contribution in [2.75, 3.05) is 20.3 Å². The van der Waals surface area contributed by atoms with Crippen LogP contribution < -0.4 is 4.74 Å². The van der Waals surface area contributed by atoms with E-state index in [-0.39, 0.29) is 18.6 Å². The fraction of sp³-hybridized carbons (Fsp3) is 0.533. The van der Waals surface area contributed by atoms with E-state index in [0.29, 0.717) is 5.56 Å². The molecule has 4 nitrogen and oxygen atoms in total. The summed E-state index contributed by atoms with van der Waals surface area (Å²) in [5, 5.41) is 9.45. The van der Waals surface area contributed by atoms with Gasteiger partial charge in [-0.3, -0.25) is 4.79 Å². The molecule has 1 N–H and O–H groups in total. The van der Waals surface area contributed by atoms with E-state index in [1.165, 1.54) is 0 Å². The lowest BCUT2D eigenvalue weighted by Crippen LogP contribution is -2.42. The van der Waals surface area contributed by atoms with Crippen LogP contribution in [0.2, 0.25) is 0 Å². The first-order valence-electron chi connectivity index (χ1n) is 6.82. The Kier molecular flexibility index (Phi) is 4.80. The van der Waals surface area contributed by atoms with Crippen LogP contribution in [0.1, 0.15) is 36.0 Å². The minimum atomic E-state index is -0.0444. The van der Waals surface area contributed by atoms with Crippen molar-refractivity contribution in [1.29, 1.82) is 0 Å². The summed E-state index contributed by atoms with van der Waals surface area (Å²) >= 11 is 0. The largest absolute Gasteiger partial charge is 0.497 e. The molecule has 1 aliphatic rings. The van der Waals surface area contributed by atoms with Crippen LogP contribution in [-0.4, -0.2) is 42.2 Å². The topological polar surface area (TPSA) is 49.8 Å². The van der Waals surface area contributed by atoms with Gasteiger partial charge in [-0.1, -0.05) is 12.8 Å². The van der Waals surface area contributed by atoms with Gasteiger partial charge in [-0.2, -0.15) is 0 Å². The number of likely N-dealkylation sites (tertiary alicyclic amines) is 1. The third-order valence-electron chi connectivity index (χ3n) is 3.69. The zero-order chi connectivity index (χ0) is 13.7. The van der Waals surface area contributed by atoms with Crippen molar-refractivity contribution in [3.63, 3.8) is 0 Å². The van der Waals surface area contributed by atoms with Crippen LogP contribution in [0, 0.1) is 0 Å². The van der Waals surface area contributed by atoms with Crippen molar-refractivity contribution < 1.29 is 14.6 Å². The number of ether oxygens (including phenoxy) is 1. The standard InChI is InChI=1S/C15H21NO3/c1-19-14-8-6-12(7-9-14)15(18)16-10-4-2-3-5-13(16)11-17/h6-9,13,17H,2-5,10-11H2,1H3. The summed E-state index contributed by atoms with van der Waals surface area (Å²) in [4.78, 5) is 14.3. The minimum Gasteiger partial charge on any atom is -0.497 e. The summed E-state index contributed by atoms with van der Waals surface area (Å²) in [5.74, 6) is 0.745. The van der Waals surface area contributed by atoms with Crippen molar-refractivity contribution >= 4 is 5.91 Å². The molecule has 1 aliphatic heterocycles. The quantitative estimate of drug-likeness (QED) is 0.908. The molecule has 2 rings (SSSR count). The number of aliphatic hydroxyl groups is 1. The molecule has 0 spiro atoms. The Bertz CT molecular complexity index is 416. The van der Waals surface area contributed by atoms with Crippen LogP contribution in [0.5, 0.6) is 5.75 Å². The Labute approximate surface area is 114 Å². The Morgan fingerprint density at radius 2 is 2.05 bits per heavy atom. The molecule has 1 saturated heterocycles. The Morgan fingerprint density at radius 1 is 1.32 bits per heavy atom. The summed E-state index contributed by atoms with van der Waals surface area (Å²) < 4.78 is 5.09. The molecule has 1 fully saturated rings. The number of carbonyl (C=O) groups is 1. The predicted molar refractivity (Wildman–Crippen MR) is 73.4 cm³/mol. The molecule has 0 radical (unpaired) electrons. The van der Waals surface area contributed by atoms with E-state index in [2.05, 4.69) is 0 Å². The van der Waals surface area contributed by atoms with Crippen LogP contribution in [0.3, 0.4) is 0 Å². The SMILES string of the molecule is COc1ccc(C(=O)N2CCCCCC2CO)cc1. The second kappa shape index (κ2) is 6.57. The van der Waals surface area contributed by atoms with Gasteiger partial charge in [0.25, 0.3) is 5.91 Å². The highest BCUT2D eigenvalue weighted by atomic mass is 16.5. The predicted octanol–water partition coefficient (Wildman–Crippen LogP) is 2.07. The molecule has 0 aromatic heterocycles. The van der Waals surface area contributed by atoms with Crippen LogP contribution in [0.4, 0.5) is 0 Å². The molecule has 1 aromatic carbocycles. The number of nitrogens with zero attached hydrogens (tertiary/aromatic N) is 1. The number of hydrogen-bond acceptors (Lipinski definition) is 3. The fourth-order valence-corrected chi connectivity index (χ4v) is 2.53. The molecule has 0 aliphatic carbocycles. The molecule has 1 aromatic rings. The van der Waals surface area contributed by atoms with E-state index in [4.69, 9.17) is 4.74 Å². The van der Waals surface area contributed by atoms with Gasteiger partial charge in [0.1, 0.15) is 5.75 Å². The molecule has 4 heteroatoms. The second-order valence-corrected chi connectivity index (χ2v) is 4.91. The molecule has 0 bridgehead atoms. The van der Waals surface area contributed by atoms with Crippen molar-refractivity contribution in [2.24, 2.45) is 0 Å². The van der Waals surface area contributed by atoms with Crippen LogP contribution in [-0.2, 0) is 0 Å². The molecular weight excluding hydrogens is 242 g/mol. The number of hydrogen-bond donors (Lipinski definition) is 1. The summed E-state index contributed by atoms with van der Waals surface area (Å²) in [6, 6.07) is 7.09. The summed E-state index contributed by atoms with van der Waals surface area (Å²) in [6.07, 6.45) is 4.11. The van der Waals surface area contributed by atoms with E-state index >= 15 is 0 Å². The first-order valence-corrected chi connectivity index (χ1v) is 6.82. The van der Waals surface area contributed by atoms with Crippen molar-refractivity contribution in [1.82, 2.24) is 4.90 Å². The normalized spacial score (nSPS) is 19.9. The maximum atomic E-state index is 12.5. The van der Waals surface area contributed by atoms with Gasteiger partial charge >= 0.3 is 0 Å². The highest BCUT2D eigenvalue weighted by Gasteiger charge is 2.25. The first-order chi connectivity index (χ1) is 9.26. The van der Waals surface area contributed by atoms with Gasteiger partial charge in [-0.25, -0.2) is 0 Å². The van der Waals surface area contributed by atoms with E-state index < -0.39 is 0 Å². The van der Waals surface area contributed by atoms with Gasteiger partial charge in [0.05, 0.1) is 19.8 Å². The summed E-state index contributed by atoms with van der Waals surface area (Å²) in [7, 11) is 1.60. The van der Waals surface area contributed by atoms with Gasteiger partial charge in [0, 0.05) is 12.1 Å². The van der Waals surface area contributed by atoms with Gasteiger partial charge < -0.3 is 14.7 Å². The van der Waals surface area contributed by atoms with Crippen molar-refractivity contribution in [2.45, 2.75) is 31.7 Å². The fourth-order valence-electron chi connectivity index (χ4n) is 2.53. The number of carbonyl (C=O) groups excluding carboxylic acids is 1.